The van der Waals surface area contributed by atoms with E-state index in [9.17, 15) is 14.4 Å². The van der Waals surface area contributed by atoms with Crippen molar-refractivity contribution in [3.63, 3.8) is 0 Å². The van der Waals surface area contributed by atoms with E-state index in [4.69, 9.17) is 4.42 Å². The van der Waals surface area contributed by atoms with Crippen molar-refractivity contribution >= 4 is 23.4 Å². The number of furan rings is 1. The van der Waals surface area contributed by atoms with Crippen molar-refractivity contribution in [2.45, 2.75) is 32.9 Å². The molecule has 2 aliphatic rings. The lowest BCUT2D eigenvalue weighted by Gasteiger charge is -2.30. The summed E-state index contributed by atoms with van der Waals surface area (Å²) in [6.07, 6.45) is 3.98. The smallest absolute Gasteiger partial charge is 0.261 e. The summed E-state index contributed by atoms with van der Waals surface area (Å²) in [6.45, 7) is 5.52. The van der Waals surface area contributed by atoms with Gasteiger partial charge in [0.2, 0.25) is 0 Å². The molecule has 174 valence electrons. The number of nitrogens with zero attached hydrogens (tertiary/aromatic N) is 2. The summed E-state index contributed by atoms with van der Waals surface area (Å²) < 4.78 is 5.26. The Morgan fingerprint density at radius 1 is 0.971 bits per heavy atom. The lowest BCUT2D eigenvalue weighted by atomic mass is 9.99. The number of anilines is 1. The van der Waals surface area contributed by atoms with Gasteiger partial charge in [0.15, 0.2) is 0 Å². The van der Waals surface area contributed by atoms with Crippen molar-refractivity contribution in [1.29, 1.82) is 0 Å². The maximum atomic E-state index is 12.8. The van der Waals surface area contributed by atoms with Gasteiger partial charge in [-0.05, 0) is 79.9 Å². The molecule has 0 radical (unpaired) electrons. The predicted molar refractivity (Wildman–Crippen MR) is 127 cm³/mol. The SMILES string of the molecule is CC1CCN(Cc2ccc(NC(=O)c3ccc4c(c3)C(=O)N(Cc3ccco3)C4=O)cc2)CC1. The first-order chi connectivity index (χ1) is 16.5. The zero-order chi connectivity index (χ0) is 23.7. The normalized spacial score (nSPS) is 16.7. The molecule has 7 nitrogen and oxygen atoms in total. The quantitative estimate of drug-likeness (QED) is 0.549. The Labute approximate surface area is 198 Å². The number of carbonyl (C=O) groups excluding carboxylic acids is 3. The van der Waals surface area contributed by atoms with E-state index < -0.39 is 5.91 Å². The minimum atomic E-state index is -0.428. The first-order valence-corrected chi connectivity index (χ1v) is 11.6. The van der Waals surface area contributed by atoms with Crippen molar-refractivity contribution in [3.05, 3.63) is 88.9 Å². The lowest BCUT2D eigenvalue weighted by Crippen LogP contribution is -2.32. The van der Waals surface area contributed by atoms with Gasteiger partial charge in [0.05, 0.1) is 23.9 Å². The molecule has 0 spiro atoms. The second-order valence-corrected chi connectivity index (χ2v) is 9.15. The number of rotatable bonds is 6. The summed E-state index contributed by atoms with van der Waals surface area (Å²) in [5.74, 6) is 0.182. The second kappa shape index (κ2) is 9.27. The zero-order valence-electron chi connectivity index (χ0n) is 19.1. The molecule has 5 rings (SSSR count). The van der Waals surface area contributed by atoms with E-state index in [2.05, 4.69) is 17.1 Å². The molecule has 0 bridgehead atoms. The molecule has 0 saturated carbocycles. The van der Waals surface area contributed by atoms with E-state index in [1.54, 1.807) is 18.2 Å². The molecule has 0 unspecified atom stereocenters. The highest BCUT2D eigenvalue weighted by Crippen LogP contribution is 2.26. The lowest BCUT2D eigenvalue weighted by molar-refractivity contribution is 0.0631. The van der Waals surface area contributed by atoms with E-state index in [0.29, 0.717) is 22.6 Å². The molecule has 0 aliphatic carbocycles. The third-order valence-corrected chi connectivity index (χ3v) is 6.62. The van der Waals surface area contributed by atoms with E-state index in [-0.39, 0.29) is 23.9 Å². The van der Waals surface area contributed by atoms with Gasteiger partial charge in [0.25, 0.3) is 17.7 Å². The highest BCUT2D eigenvalue weighted by Gasteiger charge is 2.36. The Balaban J connectivity index is 1.23. The van der Waals surface area contributed by atoms with Crippen molar-refractivity contribution in [3.8, 4) is 0 Å². The van der Waals surface area contributed by atoms with Crippen LogP contribution in [-0.4, -0.2) is 40.6 Å². The number of likely N-dealkylation sites (tertiary alicyclic amines) is 1. The fourth-order valence-electron chi connectivity index (χ4n) is 4.51. The van der Waals surface area contributed by atoms with Crippen LogP contribution in [0, 0.1) is 5.92 Å². The van der Waals surface area contributed by atoms with Crippen LogP contribution in [0.15, 0.2) is 65.3 Å². The van der Waals surface area contributed by atoms with Crippen LogP contribution in [0.1, 0.15) is 62.2 Å². The van der Waals surface area contributed by atoms with Gasteiger partial charge in [-0.3, -0.25) is 24.2 Å². The average Bonchev–Trinajstić information content (AvgIpc) is 3.44. The molecule has 1 saturated heterocycles. The molecule has 3 heterocycles. The first-order valence-electron chi connectivity index (χ1n) is 11.6. The van der Waals surface area contributed by atoms with Crippen molar-refractivity contribution in [2.24, 2.45) is 5.92 Å². The largest absolute Gasteiger partial charge is 0.467 e. The summed E-state index contributed by atoms with van der Waals surface area (Å²) in [5.41, 5.74) is 2.75. The fourth-order valence-corrected chi connectivity index (χ4v) is 4.51. The number of carbonyl (C=O) groups is 3. The van der Waals surface area contributed by atoms with Crippen molar-refractivity contribution in [2.75, 3.05) is 18.4 Å². The summed E-state index contributed by atoms with van der Waals surface area (Å²) in [5, 5.41) is 2.88. The summed E-state index contributed by atoms with van der Waals surface area (Å²) in [4.78, 5) is 41.9. The number of piperidine rings is 1. The van der Waals surface area contributed by atoms with Gasteiger partial charge in [0.1, 0.15) is 5.76 Å². The Morgan fingerprint density at radius 3 is 2.41 bits per heavy atom. The molecule has 34 heavy (non-hydrogen) atoms. The van der Waals surface area contributed by atoms with Gasteiger partial charge in [-0.1, -0.05) is 19.1 Å². The Morgan fingerprint density at radius 2 is 1.71 bits per heavy atom. The molecule has 2 aliphatic heterocycles. The molecule has 7 heteroatoms. The molecule has 2 aromatic carbocycles. The van der Waals surface area contributed by atoms with Crippen LogP contribution in [0.5, 0.6) is 0 Å². The summed E-state index contributed by atoms with van der Waals surface area (Å²) >= 11 is 0. The predicted octanol–water partition coefficient (Wildman–Crippen LogP) is 4.56. The molecule has 1 fully saturated rings. The maximum Gasteiger partial charge on any atom is 0.261 e. The molecule has 3 amide bonds. The number of amides is 3. The van der Waals surface area contributed by atoms with Crippen LogP contribution >= 0.6 is 0 Å². The highest BCUT2D eigenvalue weighted by atomic mass is 16.3. The molecule has 0 atom stereocenters. The van der Waals surface area contributed by atoms with Crippen molar-refractivity contribution in [1.82, 2.24) is 9.80 Å². The van der Waals surface area contributed by atoms with Gasteiger partial charge >= 0.3 is 0 Å². The Hall–Kier alpha value is -3.71. The van der Waals surface area contributed by atoms with Gasteiger partial charge < -0.3 is 9.73 Å². The molecule has 1 N–H and O–H groups in total. The second-order valence-electron chi connectivity index (χ2n) is 9.15. The summed E-state index contributed by atoms with van der Waals surface area (Å²) in [6, 6.07) is 15.9. The van der Waals surface area contributed by atoms with Crippen LogP contribution in [0.3, 0.4) is 0 Å². The third kappa shape index (κ3) is 4.52. The average molecular weight is 458 g/mol. The topological polar surface area (TPSA) is 82.9 Å². The molecular formula is C27H27N3O4. The number of hydrogen-bond donors (Lipinski definition) is 1. The van der Waals surface area contributed by atoms with Crippen LogP contribution < -0.4 is 5.32 Å². The van der Waals surface area contributed by atoms with E-state index in [1.807, 2.05) is 24.3 Å². The Kier molecular flexibility index (Phi) is 6.02. The van der Waals surface area contributed by atoms with Gasteiger partial charge in [-0.15, -0.1) is 0 Å². The zero-order valence-corrected chi connectivity index (χ0v) is 19.1. The Bertz CT molecular complexity index is 1210. The third-order valence-electron chi connectivity index (χ3n) is 6.62. The molecule has 1 aromatic heterocycles. The van der Waals surface area contributed by atoms with E-state index >= 15 is 0 Å². The number of nitrogens with one attached hydrogen (secondary N) is 1. The highest BCUT2D eigenvalue weighted by molar-refractivity contribution is 6.22. The van der Waals surface area contributed by atoms with Gasteiger partial charge in [-0.25, -0.2) is 0 Å². The van der Waals surface area contributed by atoms with Crippen LogP contribution in [0.25, 0.3) is 0 Å². The minimum Gasteiger partial charge on any atom is -0.467 e. The van der Waals surface area contributed by atoms with E-state index in [1.165, 1.54) is 36.8 Å². The monoisotopic (exact) mass is 457 g/mol. The standard InChI is InChI=1S/C27H27N3O4/c1-18-10-12-29(13-11-18)16-19-4-7-21(8-5-19)28-25(31)20-6-9-23-24(15-20)27(33)30(26(23)32)17-22-3-2-14-34-22/h2-9,14-15,18H,10-13,16-17H2,1H3,(H,28,31). The number of imide groups is 1. The maximum absolute atomic E-state index is 12.8. The van der Waals surface area contributed by atoms with Crippen molar-refractivity contribution < 1.29 is 18.8 Å². The summed E-state index contributed by atoms with van der Waals surface area (Å²) in [7, 11) is 0. The first kappa shape index (κ1) is 22.1. The van der Waals surface area contributed by atoms with Gasteiger partial charge in [-0.2, -0.15) is 0 Å². The van der Waals surface area contributed by atoms with E-state index in [0.717, 1.165) is 30.5 Å². The van der Waals surface area contributed by atoms with Gasteiger partial charge in [0, 0.05) is 17.8 Å². The molecular weight excluding hydrogens is 430 g/mol. The fraction of sp³-hybridized carbons (Fsp3) is 0.296. The minimum absolute atomic E-state index is 0.0592. The number of fused-ring (bicyclic) bond motifs is 1. The number of benzene rings is 2. The van der Waals surface area contributed by atoms with Crippen LogP contribution in [0.2, 0.25) is 0 Å². The molecule has 3 aromatic rings. The number of hydrogen-bond acceptors (Lipinski definition) is 5. The van der Waals surface area contributed by atoms with Crippen LogP contribution in [0.4, 0.5) is 5.69 Å². The van der Waals surface area contributed by atoms with Crippen LogP contribution in [-0.2, 0) is 13.1 Å².